The van der Waals surface area contributed by atoms with Crippen LogP contribution in [-0.4, -0.2) is 17.5 Å². The summed E-state index contributed by atoms with van der Waals surface area (Å²) >= 11 is 0. The highest BCUT2D eigenvalue weighted by molar-refractivity contribution is 5.86. The van der Waals surface area contributed by atoms with Crippen LogP contribution in [0, 0.1) is 22.5 Å². The van der Waals surface area contributed by atoms with E-state index in [9.17, 15) is 14.9 Å². The normalized spacial score (nSPS) is 10.3. The number of para-hydroxylation sites is 1. The van der Waals surface area contributed by atoms with Crippen LogP contribution in [0.3, 0.4) is 0 Å². The number of terminal acetylenes is 1. The van der Waals surface area contributed by atoms with Crippen LogP contribution in [0.2, 0.25) is 0 Å². The summed E-state index contributed by atoms with van der Waals surface area (Å²) in [5.41, 5.74) is 0.308. The number of ether oxygens (including phenoxy) is 1. The number of nitro groups is 1. The molecule has 2 rings (SSSR count). The molecule has 0 atom stereocenters. The lowest BCUT2D eigenvalue weighted by molar-refractivity contribution is -0.384. The highest BCUT2D eigenvalue weighted by atomic mass is 16.6. The van der Waals surface area contributed by atoms with E-state index in [0.29, 0.717) is 17.1 Å². The number of hydrogen-bond donors (Lipinski definition) is 0. The van der Waals surface area contributed by atoms with Gasteiger partial charge in [-0.1, -0.05) is 18.1 Å². The zero-order valence-electron chi connectivity index (χ0n) is 11.4. The monoisotopic (exact) mass is 297 g/mol. The van der Waals surface area contributed by atoms with Gasteiger partial charge in [0, 0.05) is 12.1 Å². The van der Waals surface area contributed by atoms with Crippen molar-refractivity contribution in [1.29, 1.82) is 0 Å². The van der Waals surface area contributed by atoms with Gasteiger partial charge >= 0.3 is 5.97 Å². The first-order valence-electron chi connectivity index (χ1n) is 6.23. The second kappa shape index (κ2) is 6.90. The predicted molar refractivity (Wildman–Crippen MR) is 79.6 cm³/mol. The van der Waals surface area contributed by atoms with E-state index in [0.717, 1.165) is 0 Å². The van der Waals surface area contributed by atoms with Gasteiger partial charge in [0.25, 0.3) is 5.69 Å². The summed E-state index contributed by atoms with van der Waals surface area (Å²) in [5, 5.41) is 11.0. The Hall–Kier alpha value is -3.33. The Morgan fingerprint density at radius 3 is 2.86 bits per heavy atom. The number of hydrogen-bond acceptors (Lipinski definition) is 5. The zero-order chi connectivity index (χ0) is 15.9. The predicted octanol–water partition coefficient (Wildman–Crippen LogP) is 3.04. The topological polar surface area (TPSA) is 82.6 Å². The fraction of sp³-hybridized carbons (Fsp3) is 0.0625. The maximum absolute atomic E-state index is 11.3. The van der Waals surface area contributed by atoms with Crippen LogP contribution in [0.4, 0.5) is 5.69 Å². The average molecular weight is 297 g/mol. The van der Waals surface area contributed by atoms with Crippen molar-refractivity contribution >= 4 is 17.7 Å². The van der Waals surface area contributed by atoms with Gasteiger partial charge in [-0.3, -0.25) is 10.1 Å². The van der Waals surface area contributed by atoms with E-state index in [4.69, 9.17) is 10.8 Å². The Morgan fingerprint density at radius 1 is 1.36 bits per heavy atom. The minimum atomic E-state index is -0.596. The molecule has 0 aliphatic carbocycles. The van der Waals surface area contributed by atoms with Crippen LogP contribution in [0.1, 0.15) is 5.76 Å². The third kappa shape index (κ3) is 3.61. The van der Waals surface area contributed by atoms with Gasteiger partial charge < -0.3 is 9.15 Å². The minimum absolute atomic E-state index is 0.0548. The Kier molecular flexibility index (Phi) is 4.73. The first-order chi connectivity index (χ1) is 10.6. The second-order valence-electron chi connectivity index (χ2n) is 4.12. The van der Waals surface area contributed by atoms with Crippen molar-refractivity contribution in [3.8, 4) is 23.7 Å². The van der Waals surface area contributed by atoms with Gasteiger partial charge in [0.1, 0.15) is 11.5 Å². The van der Waals surface area contributed by atoms with Crippen LogP contribution in [0.5, 0.6) is 0 Å². The van der Waals surface area contributed by atoms with E-state index < -0.39 is 10.9 Å². The molecule has 6 heteroatoms. The van der Waals surface area contributed by atoms with E-state index in [2.05, 4.69) is 10.7 Å². The number of furan rings is 1. The lowest BCUT2D eigenvalue weighted by Gasteiger charge is -1.98. The molecule has 0 radical (unpaired) electrons. The number of carbonyl (C=O) groups is 1. The first kappa shape index (κ1) is 15.1. The lowest BCUT2D eigenvalue weighted by Crippen LogP contribution is -1.99. The summed E-state index contributed by atoms with van der Waals surface area (Å²) in [6, 6.07) is 9.42. The van der Waals surface area contributed by atoms with Gasteiger partial charge in [0.15, 0.2) is 6.61 Å². The molecule has 1 heterocycles. The fourth-order valence-electron chi connectivity index (χ4n) is 1.74. The standard InChI is InChI=1S/C16H11NO5/c1-2-11-21-16(18)10-8-12-7-9-15(22-12)13-5-3-4-6-14(13)17(19)20/h1,3-10H,11H2/b10-8+. The molecular formula is C16H11NO5. The van der Waals surface area contributed by atoms with Crippen LogP contribution in [-0.2, 0) is 9.53 Å². The number of benzene rings is 1. The molecule has 0 unspecified atom stereocenters. The molecule has 0 N–H and O–H groups in total. The minimum Gasteiger partial charge on any atom is -0.456 e. The maximum Gasteiger partial charge on any atom is 0.331 e. The molecule has 22 heavy (non-hydrogen) atoms. The summed E-state index contributed by atoms with van der Waals surface area (Å²) < 4.78 is 10.1. The van der Waals surface area contributed by atoms with Crippen molar-refractivity contribution in [2.24, 2.45) is 0 Å². The molecule has 6 nitrogen and oxygen atoms in total. The van der Waals surface area contributed by atoms with Crippen molar-refractivity contribution in [2.45, 2.75) is 0 Å². The molecule has 2 aromatic rings. The van der Waals surface area contributed by atoms with Crippen molar-refractivity contribution in [3.63, 3.8) is 0 Å². The van der Waals surface area contributed by atoms with Gasteiger partial charge in [-0.05, 0) is 24.3 Å². The Balaban J connectivity index is 2.19. The van der Waals surface area contributed by atoms with Crippen LogP contribution in [0.15, 0.2) is 46.9 Å². The summed E-state index contributed by atoms with van der Waals surface area (Å²) in [5.74, 6) is 2.28. The Labute approximate surface area is 126 Å². The van der Waals surface area contributed by atoms with E-state index in [1.807, 2.05) is 0 Å². The van der Waals surface area contributed by atoms with E-state index in [1.54, 1.807) is 30.3 Å². The Morgan fingerprint density at radius 2 is 2.14 bits per heavy atom. The van der Waals surface area contributed by atoms with Crippen LogP contribution >= 0.6 is 0 Å². The highest BCUT2D eigenvalue weighted by Crippen LogP contribution is 2.31. The molecule has 0 aliphatic heterocycles. The van der Waals surface area contributed by atoms with Crippen LogP contribution in [0.25, 0.3) is 17.4 Å². The third-order valence-corrected chi connectivity index (χ3v) is 2.67. The molecule has 0 bridgehead atoms. The number of nitro benzene ring substituents is 1. The van der Waals surface area contributed by atoms with Gasteiger partial charge in [-0.2, -0.15) is 0 Å². The molecule has 0 spiro atoms. The first-order valence-corrected chi connectivity index (χ1v) is 6.23. The van der Waals surface area contributed by atoms with Gasteiger partial charge in [-0.25, -0.2) is 4.79 Å². The summed E-state index contributed by atoms with van der Waals surface area (Å²) in [7, 11) is 0. The van der Waals surface area contributed by atoms with E-state index in [-0.39, 0.29) is 12.3 Å². The van der Waals surface area contributed by atoms with Crippen LogP contribution < -0.4 is 0 Å². The van der Waals surface area contributed by atoms with Crippen molar-refractivity contribution in [3.05, 3.63) is 58.3 Å². The summed E-state index contributed by atoms with van der Waals surface area (Å²) in [6.45, 7) is -0.108. The number of esters is 1. The van der Waals surface area contributed by atoms with E-state index in [1.165, 1.54) is 18.2 Å². The maximum atomic E-state index is 11.3. The number of carbonyl (C=O) groups excluding carboxylic acids is 1. The zero-order valence-corrected chi connectivity index (χ0v) is 11.4. The molecule has 0 aliphatic rings. The molecule has 0 fully saturated rings. The number of rotatable bonds is 5. The fourth-order valence-corrected chi connectivity index (χ4v) is 1.74. The molecule has 1 aromatic carbocycles. The van der Waals surface area contributed by atoms with E-state index >= 15 is 0 Å². The molecule has 0 saturated heterocycles. The second-order valence-corrected chi connectivity index (χ2v) is 4.12. The molecular weight excluding hydrogens is 286 g/mol. The molecule has 1 aromatic heterocycles. The SMILES string of the molecule is C#CCOC(=O)/C=C/c1ccc(-c2ccccc2[N+](=O)[O-])o1. The van der Waals surface area contributed by atoms with Crippen molar-refractivity contribution in [2.75, 3.05) is 6.61 Å². The Bertz CT molecular complexity index is 767. The molecule has 110 valence electrons. The smallest absolute Gasteiger partial charge is 0.331 e. The van der Waals surface area contributed by atoms with Gasteiger partial charge in [-0.15, -0.1) is 6.42 Å². The summed E-state index contributed by atoms with van der Waals surface area (Å²) in [4.78, 5) is 21.8. The van der Waals surface area contributed by atoms with Crippen molar-refractivity contribution in [1.82, 2.24) is 0 Å². The molecule has 0 saturated carbocycles. The molecule has 0 amide bonds. The average Bonchev–Trinajstić information content (AvgIpc) is 2.99. The quantitative estimate of drug-likeness (QED) is 0.278. The van der Waals surface area contributed by atoms with Gasteiger partial charge in [0.2, 0.25) is 0 Å². The van der Waals surface area contributed by atoms with Crippen molar-refractivity contribution < 1.29 is 18.9 Å². The summed E-state index contributed by atoms with van der Waals surface area (Å²) in [6.07, 6.45) is 7.53. The number of nitrogens with zero attached hydrogens (tertiary/aromatic N) is 1. The largest absolute Gasteiger partial charge is 0.456 e. The van der Waals surface area contributed by atoms with Gasteiger partial charge in [0.05, 0.1) is 10.5 Å². The lowest BCUT2D eigenvalue weighted by atomic mass is 10.1. The third-order valence-electron chi connectivity index (χ3n) is 2.67. The highest BCUT2D eigenvalue weighted by Gasteiger charge is 2.16.